The average molecular weight is 263 g/mol. The summed E-state index contributed by atoms with van der Waals surface area (Å²) >= 11 is 1.43. The molecule has 1 heterocycles. The van der Waals surface area contributed by atoms with E-state index in [1.165, 1.54) is 11.5 Å². The predicted octanol–water partition coefficient (Wildman–Crippen LogP) is 2.55. The fraction of sp³-hybridized carbons (Fsp3) is 0.385. The fourth-order valence-electron chi connectivity index (χ4n) is 1.96. The number of rotatable bonds is 5. The van der Waals surface area contributed by atoms with Crippen LogP contribution < -0.4 is 10.1 Å². The van der Waals surface area contributed by atoms with Gasteiger partial charge in [0.25, 0.3) is 0 Å². The Morgan fingerprint density at radius 1 is 1.39 bits per heavy atom. The maximum absolute atomic E-state index is 5.43. The van der Waals surface area contributed by atoms with Crippen LogP contribution >= 0.6 is 11.5 Å². The van der Waals surface area contributed by atoms with Gasteiger partial charge in [0.05, 0.1) is 23.7 Å². The molecular formula is C13H17N3OS. The van der Waals surface area contributed by atoms with Crippen molar-refractivity contribution in [1.29, 1.82) is 0 Å². The summed E-state index contributed by atoms with van der Waals surface area (Å²) in [5.74, 6) is 0.885. The molecule has 0 bridgehead atoms. The summed E-state index contributed by atoms with van der Waals surface area (Å²) in [5.41, 5.74) is 2.09. The van der Waals surface area contributed by atoms with E-state index in [4.69, 9.17) is 4.74 Å². The number of methoxy groups -OCH3 is 1. The highest BCUT2D eigenvalue weighted by atomic mass is 32.1. The number of nitrogens with zero attached hydrogens (tertiary/aromatic N) is 2. The Hall–Kier alpha value is -1.46. The van der Waals surface area contributed by atoms with Crippen LogP contribution in [-0.2, 0) is 0 Å². The zero-order chi connectivity index (χ0) is 13.0. The van der Waals surface area contributed by atoms with Crippen molar-refractivity contribution in [2.24, 2.45) is 0 Å². The maximum atomic E-state index is 5.43. The first-order valence-electron chi connectivity index (χ1n) is 5.93. The van der Waals surface area contributed by atoms with Crippen LogP contribution in [0.1, 0.15) is 29.1 Å². The Morgan fingerprint density at radius 3 is 2.78 bits per heavy atom. The molecule has 2 rings (SSSR count). The zero-order valence-electron chi connectivity index (χ0n) is 10.8. The van der Waals surface area contributed by atoms with Gasteiger partial charge in [0, 0.05) is 5.56 Å². The Morgan fingerprint density at radius 2 is 2.17 bits per heavy atom. The summed E-state index contributed by atoms with van der Waals surface area (Å²) in [7, 11) is 1.69. The molecule has 0 fully saturated rings. The second-order valence-electron chi connectivity index (χ2n) is 3.96. The molecule has 1 unspecified atom stereocenters. The molecule has 0 spiro atoms. The number of hydrogen-bond acceptors (Lipinski definition) is 5. The van der Waals surface area contributed by atoms with Gasteiger partial charge in [-0.3, -0.25) is 0 Å². The van der Waals surface area contributed by atoms with Crippen molar-refractivity contribution >= 4 is 11.5 Å². The molecule has 2 aromatic rings. The van der Waals surface area contributed by atoms with E-state index in [9.17, 15) is 0 Å². The van der Waals surface area contributed by atoms with Crippen LogP contribution in [0.15, 0.2) is 24.3 Å². The van der Waals surface area contributed by atoms with Gasteiger partial charge in [0.15, 0.2) is 0 Å². The molecule has 0 aliphatic heterocycles. The lowest BCUT2D eigenvalue weighted by molar-refractivity contribution is 0.404. The molecule has 96 valence electrons. The van der Waals surface area contributed by atoms with Crippen LogP contribution in [0.25, 0.3) is 0 Å². The van der Waals surface area contributed by atoms with Gasteiger partial charge in [-0.1, -0.05) is 29.6 Å². The molecule has 0 amide bonds. The summed E-state index contributed by atoms with van der Waals surface area (Å²) in [5, 5.41) is 7.56. The number of para-hydroxylation sites is 1. The van der Waals surface area contributed by atoms with E-state index >= 15 is 0 Å². The summed E-state index contributed by atoms with van der Waals surface area (Å²) in [6.07, 6.45) is 0. The second kappa shape index (κ2) is 5.93. The highest BCUT2D eigenvalue weighted by molar-refractivity contribution is 7.05. The van der Waals surface area contributed by atoms with Crippen molar-refractivity contribution in [2.75, 3.05) is 13.7 Å². The topological polar surface area (TPSA) is 47.0 Å². The van der Waals surface area contributed by atoms with Gasteiger partial charge in [0.2, 0.25) is 0 Å². The first kappa shape index (κ1) is 13.0. The molecule has 5 heteroatoms. The standard InChI is InChI=1S/C13H17N3OS/c1-4-14-12(13-9(2)15-16-18-13)10-7-5-6-8-11(10)17-3/h5-8,12,14H,4H2,1-3H3. The summed E-state index contributed by atoms with van der Waals surface area (Å²) in [6.45, 7) is 4.95. The minimum atomic E-state index is 0.0890. The molecule has 1 N–H and O–H groups in total. The van der Waals surface area contributed by atoms with E-state index in [2.05, 4.69) is 27.9 Å². The maximum Gasteiger partial charge on any atom is 0.124 e. The molecule has 0 aliphatic rings. The van der Waals surface area contributed by atoms with Gasteiger partial charge in [0.1, 0.15) is 5.75 Å². The minimum Gasteiger partial charge on any atom is -0.496 e. The number of benzene rings is 1. The van der Waals surface area contributed by atoms with E-state index in [-0.39, 0.29) is 6.04 Å². The van der Waals surface area contributed by atoms with Crippen LogP contribution in [0.5, 0.6) is 5.75 Å². The highest BCUT2D eigenvalue weighted by Crippen LogP contribution is 2.32. The third-order valence-corrected chi connectivity index (χ3v) is 3.70. The Labute approximate surface area is 111 Å². The lowest BCUT2D eigenvalue weighted by Crippen LogP contribution is -2.22. The molecule has 4 nitrogen and oxygen atoms in total. The van der Waals surface area contributed by atoms with Gasteiger partial charge in [-0.25, -0.2) is 0 Å². The predicted molar refractivity (Wildman–Crippen MR) is 73.2 cm³/mol. The van der Waals surface area contributed by atoms with Crippen LogP contribution in [-0.4, -0.2) is 23.2 Å². The van der Waals surface area contributed by atoms with Gasteiger partial charge in [-0.15, -0.1) is 5.10 Å². The van der Waals surface area contributed by atoms with Gasteiger partial charge >= 0.3 is 0 Å². The van der Waals surface area contributed by atoms with E-state index in [0.717, 1.165) is 28.4 Å². The quantitative estimate of drug-likeness (QED) is 0.900. The zero-order valence-corrected chi connectivity index (χ0v) is 11.6. The number of aryl methyl sites for hydroxylation is 1. The first-order chi connectivity index (χ1) is 8.77. The Kier molecular flexibility index (Phi) is 4.28. The third-order valence-electron chi connectivity index (χ3n) is 2.81. The summed E-state index contributed by atoms with van der Waals surface area (Å²) < 4.78 is 9.45. The smallest absolute Gasteiger partial charge is 0.124 e. The van der Waals surface area contributed by atoms with Crippen molar-refractivity contribution in [3.05, 3.63) is 40.4 Å². The Balaban J connectivity index is 2.45. The molecule has 0 aliphatic carbocycles. The highest BCUT2D eigenvalue weighted by Gasteiger charge is 2.21. The van der Waals surface area contributed by atoms with Crippen LogP contribution in [0.4, 0.5) is 0 Å². The fourth-order valence-corrected chi connectivity index (χ4v) is 2.70. The molecule has 18 heavy (non-hydrogen) atoms. The molecule has 0 saturated carbocycles. The minimum absolute atomic E-state index is 0.0890. The molecule has 0 radical (unpaired) electrons. The molecular weight excluding hydrogens is 246 g/mol. The van der Waals surface area contributed by atoms with Crippen molar-refractivity contribution in [3.63, 3.8) is 0 Å². The first-order valence-corrected chi connectivity index (χ1v) is 6.70. The largest absolute Gasteiger partial charge is 0.496 e. The number of hydrogen-bond donors (Lipinski definition) is 1. The Bertz CT molecular complexity index is 512. The second-order valence-corrected chi connectivity index (χ2v) is 4.74. The van der Waals surface area contributed by atoms with Crippen molar-refractivity contribution < 1.29 is 4.74 Å². The van der Waals surface area contributed by atoms with E-state index in [1.54, 1.807) is 7.11 Å². The number of nitrogens with one attached hydrogen (secondary N) is 1. The van der Waals surface area contributed by atoms with E-state index in [0.29, 0.717) is 0 Å². The van der Waals surface area contributed by atoms with E-state index in [1.807, 2.05) is 25.1 Å². The normalized spacial score (nSPS) is 12.4. The van der Waals surface area contributed by atoms with Crippen molar-refractivity contribution in [1.82, 2.24) is 14.9 Å². The lowest BCUT2D eigenvalue weighted by Gasteiger charge is -2.19. The van der Waals surface area contributed by atoms with Gasteiger partial charge in [-0.2, -0.15) is 0 Å². The molecule has 1 atom stereocenters. The van der Waals surface area contributed by atoms with Crippen molar-refractivity contribution in [3.8, 4) is 5.75 Å². The molecule has 1 aromatic carbocycles. The number of aromatic nitrogens is 2. The van der Waals surface area contributed by atoms with Crippen LogP contribution in [0.2, 0.25) is 0 Å². The van der Waals surface area contributed by atoms with Crippen molar-refractivity contribution in [2.45, 2.75) is 19.9 Å². The molecule has 0 saturated heterocycles. The monoisotopic (exact) mass is 263 g/mol. The average Bonchev–Trinajstić information content (AvgIpc) is 2.82. The number of ether oxygens (including phenoxy) is 1. The molecule has 1 aromatic heterocycles. The summed E-state index contributed by atoms with van der Waals surface area (Å²) in [4.78, 5) is 1.14. The lowest BCUT2D eigenvalue weighted by atomic mass is 10.0. The van der Waals surface area contributed by atoms with Crippen LogP contribution in [0, 0.1) is 6.92 Å². The van der Waals surface area contributed by atoms with Crippen LogP contribution in [0.3, 0.4) is 0 Å². The van der Waals surface area contributed by atoms with E-state index < -0.39 is 0 Å². The van der Waals surface area contributed by atoms with Gasteiger partial charge < -0.3 is 10.1 Å². The van der Waals surface area contributed by atoms with Gasteiger partial charge in [-0.05, 0) is 31.1 Å². The SMILES string of the molecule is CCNC(c1ccccc1OC)c1snnc1C. The third kappa shape index (κ3) is 2.52. The summed E-state index contributed by atoms with van der Waals surface area (Å²) in [6, 6.07) is 8.13.